The fourth-order valence-corrected chi connectivity index (χ4v) is 2.40. The van der Waals surface area contributed by atoms with Gasteiger partial charge < -0.3 is 0 Å². The summed E-state index contributed by atoms with van der Waals surface area (Å²) in [6.45, 7) is 6.39. The molecule has 23 heteroatoms. The molecule has 270 valence electrons. The number of alkyl halides is 23. The van der Waals surface area contributed by atoms with Gasteiger partial charge in [-0.3, -0.25) is 0 Å². The molecule has 0 atom stereocenters. The first kappa shape index (κ1) is 46.8. The van der Waals surface area contributed by atoms with Crippen LogP contribution in [0.25, 0.3) is 0 Å². The summed E-state index contributed by atoms with van der Waals surface area (Å²) in [4.78, 5) is 0. The van der Waals surface area contributed by atoms with Gasteiger partial charge in [0.1, 0.15) is 0 Å². The van der Waals surface area contributed by atoms with Gasteiger partial charge in [0.15, 0.2) is 5.67 Å². The fourth-order valence-electron chi connectivity index (χ4n) is 2.40. The van der Waals surface area contributed by atoms with Crippen molar-refractivity contribution in [1.82, 2.24) is 0 Å². The summed E-state index contributed by atoms with van der Waals surface area (Å²) in [6, 6.07) is 0. The van der Waals surface area contributed by atoms with Crippen molar-refractivity contribution in [3.63, 3.8) is 0 Å². The Hall–Kier alpha value is -1.61. The summed E-state index contributed by atoms with van der Waals surface area (Å²) < 4.78 is 310. The van der Waals surface area contributed by atoms with Crippen LogP contribution in [-0.4, -0.2) is 70.8 Å². The van der Waals surface area contributed by atoms with Crippen molar-refractivity contribution in [3.8, 4) is 0 Å². The van der Waals surface area contributed by atoms with Crippen LogP contribution >= 0.6 is 0 Å². The number of hydrogen-bond donors (Lipinski definition) is 0. The number of hydrogen-bond acceptors (Lipinski definition) is 0. The molecule has 0 aliphatic carbocycles. The van der Waals surface area contributed by atoms with Crippen molar-refractivity contribution in [1.29, 1.82) is 0 Å². The normalized spacial score (nSPS) is 15.7. The van der Waals surface area contributed by atoms with E-state index >= 15 is 0 Å². The second-order valence-electron chi connectivity index (χ2n) is 8.98. The quantitative estimate of drug-likeness (QED) is 0.177. The highest BCUT2D eigenvalue weighted by Crippen LogP contribution is 2.67. The van der Waals surface area contributed by atoms with Crippen LogP contribution in [0.4, 0.5) is 101 Å². The molecule has 0 heterocycles. The molecule has 0 unspecified atom stereocenters. The Bertz CT molecular complexity index is 909. The third kappa shape index (κ3) is 6.22. The molecule has 0 fully saturated rings. The summed E-state index contributed by atoms with van der Waals surface area (Å²) in [6.07, 6.45) is -1.44. The highest BCUT2D eigenvalue weighted by Gasteiger charge is 2.98. The smallest absolute Gasteiger partial charge is 0.238 e. The average Bonchev–Trinajstić information content (AvgIpc) is 2.83. The lowest BCUT2D eigenvalue weighted by atomic mass is 9.83. The van der Waals surface area contributed by atoms with E-state index in [1.807, 2.05) is 13.8 Å². The molecule has 0 aromatic heterocycles. The van der Waals surface area contributed by atoms with Crippen LogP contribution in [0, 0.1) is 0 Å². The molecule has 0 N–H and O–H groups in total. The molecular formula is C21H25F23. The Balaban J connectivity index is -0.00000315. The van der Waals surface area contributed by atoms with Gasteiger partial charge in [0.25, 0.3) is 0 Å². The minimum Gasteiger partial charge on any atom is -0.238 e. The van der Waals surface area contributed by atoms with Crippen molar-refractivity contribution >= 4 is 0 Å². The van der Waals surface area contributed by atoms with E-state index in [2.05, 4.69) is 13.8 Å². The Labute approximate surface area is 234 Å². The van der Waals surface area contributed by atoms with Crippen LogP contribution in [0.2, 0.25) is 0 Å². The highest BCUT2D eigenvalue weighted by molar-refractivity contribution is 5.20. The zero-order valence-corrected chi connectivity index (χ0v) is 23.1. The molecule has 0 aliphatic rings. The zero-order valence-electron chi connectivity index (χ0n) is 23.1. The first-order chi connectivity index (χ1) is 18.7. The van der Waals surface area contributed by atoms with Crippen molar-refractivity contribution in [2.45, 2.75) is 132 Å². The molecule has 0 aromatic carbocycles. The lowest BCUT2D eigenvalue weighted by molar-refractivity contribution is -0.476. The Morgan fingerprint density at radius 1 is 0.295 bits per heavy atom. The largest absolute Gasteiger partial charge is 0.385 e. The molecule has 0 spiro atoms. The molecule has 0 saturated heterocycles. The van der Waals surface area contributed by atoms with Crippen molar-refractivity contribution in [3.05, 3.63) is 0 Å². The SMILES string of the molecule is CC.CCC.CCC(F)(F)C(F)(F)C(F)(F)C(F)(F)C(F)(F)C(F)(F)C(F)(F)C(F)(F)C(F)(F)C(F)(F)C(F)(F)C(C)(C)F. The minimum absolute atomic E-state index is 0.236. The van der Waals surface area contributed by atoms with Gasteiger partial charge in [-0.1, -0.05) is 41.0 Å². The Morgan fingerprint density at radius 3 is 0.568 bits per heavy atom. The first-order valence-corrected chi connectivity index (χ1v) is 11.6. The summed E-state index contributed by atoms with van der Waals surface area (Å²) >= 11 is 0. The summed E-state index contributed by atoms with van der Waals surface area (Å²) in [7, 11) is 0. The van der Waals surface area contributed by atoms with E-state index in [4.69, 9.17) is 0 Å². The molecule has 0 aliphatic heterocycles. The topological polar surface area (TPSA) is 0 Å². The standard InChI is InChI=1S/C16H11F23.C3H8.C2H6/c1-4-6(18,19)8(22,23)10(26,27)12(30,31)14(34,35)16(38,39)15(36,37)13(32,33)11(28,29)9(24,25)7(20,21)5(2,3)17;1-3-2;1-2/h4H2,1-3H3;3H2,1-2H3;1-2H3. The fraction of sp³-hybridized carbons (Fsp3) is 1.00. The van der Waals surface area contributed by atoms with Gasteiger partial charge in [-0.15, -0.1) is 0 Å². The predicted octanol–water partition coefficient (Wildman–Crippen LogP) is 11.6. The van der Waals surface area contributed by atoms with E-state index in [1.54, 1.807) is 0 Å². The maximum atomic E-state index is 13.7. The molecular weight excluding hydrogens is 689 g/mol. The van der Waals surface area contributed by atoms with Crippen LogP contribution in [0.1, 0.15) is 61.3 Å². The number of halogens is 23. The van der Waals surface area contributed by atoms with E-state index in [9.17, 15) is 101 Å². The third-order valence-corrected chi connectivity index (χ3v) is 5.20. The van der Waals surface area contributed by atoms with E-state index in [-0.39, 0.29) is 6.92 Å². The third-order valence-electron chi connectivity index (χ3n) is 5.20. The van der Waals surface area contributed by atoms with Crippen LogP contribution < -0.4 is 0 Å². The first-order valence-electron chi connectivity index (χ1n) is 11.6. The Kier molecular flexibility index (Phi) is 13.7. The molecule has 0 saturated carbocycles. The van der Waals surface area contributed by atoms with E-state index in [1.165, 1.54) is 6.42 Å². The molecule has 0 amide bonds. The molecule has 44 heavy (non-hydrogen) atoms. The van der Waals surface area contributed by atoms with E-state index in [0.717, 1.165) is 0 Å². The van der Waals surface area contributed by atoms with Crippen LogP contribution in [0.15, 0.2) is 0 Å². The minimum atomic E-state index is -9.34. The molecule has 0 bridgehead atoms. The van der Waals surface area contributed by atoms with Crippen molar-refractivity contribution < 1.29 is 101 Å². The van der Waals surface area contributed by atoms with Crippen molar-refractivity contribution in [2.24, 2.45) is 0 Å². The van der Waals surface area contributed by atoms with Crippen LogP contribution in [-0.2, 0) is 0 Å². The van der Waals surface area contributed by atoms with Gasteiger partial charge in [0.05, 0.1) is 0 Å². The Morgan fingerprint density at radius 2 is 0.432 bits per heavy atom. The summed E-state index contributed by atoms with van der Waals surface area (Å²) in [5.74, 6) is -93.7. The van der Waals surface area contributed by atoms with E-state index in [0.29, 0.717) is 0 Å². The average molecular weight is 714 g/mol. The van der Waals surface area contributed by atoms with Gasteiger partial charge in [-0.05, 0) is 13.8 Å². The van der Waals surface area contributed by atoms with Gasteiger partial charge >= 0.3 is 65.1 Å². The lowest BCUT2D eigenvalue weighted by Crippen LogP contribution is -2.78. The molecule has 0 nitrogen and oxygen atoms in total. The van der Waals surface area contributed by atoms with Gasteiger partial charge in [-0.25, -0.2) is 4.39 Å². The second kappa shape index (κ2) is 12.9. The maximum Gasteiger partial charge on any atom is 0.385 e. The zero-order chi connectivity index (χ0) is 37.4. The lowest BCUT2D eigenvalue weighted by Gasteiger charge is -2.46. The van der Waals surface area contributed by atoms with Crippen LogP contribution in [0.5, 0.6) is 0 Å². The van der Waals surface area contributed by atoms with Crippen LogP contribution in [0.3, 0.4) is 0 Å². The number of rotatable bonds is 12. The van der Waals surface area contributed by atoms with Gasteiger partial charge in [0, 0.05) is 6.42 Å². The maximum absolute atomic E-state index is 13.7. The van der Waals surface area contributed by atoms with Crippen molar-refractivity contribution in [2.75, 3.05) is 0 Å². The van der Waals surface area contributed by atoms with E-state index < -0.39 is 91.1 Å². The van der Waals surface area contributed by atoms with Gasteiger partial charge in [-0.2, -0.15) is 96.6 Å². The monoisotopic (exact) mass is 714 g/mol. The van der Waals surface area contributed by atoms with Gasteiger partial charge in [0.2, 0.25) is 0 Å². The predicted molar refractivity (Wildman–Crippen MR) is 107 cm³/mol. The highest BCUT2D eigenvalue weighted by atomic mass is 19.4. The molecule has 0 radical (unpaired) electrons. The summed E-state index contributed by atoms with van der Waals surface area (Å²) in [5.41, 5.74) is -5.15. The second-order valence-corrected chi connectivity index (χ2v) is 8.98. The summed E-state index contributed by atoms with van der Waals surface area (Å²) in [5, 5.41) is 0. The molecule has 0 aromatic rings. The molecule has 0 rings (SSSR count).